The number of nitrogens with one attached hydrogen (secondary N) is 1. The minimum Gasteiger partial charge on any atom is -0.492 e. The normalized spacial score (nSPS) is 11.4. The lowest BCUT2D eigenvalue weighted by Crippen LogP contribution is -1.97. The molecule has 0 amide bonds. The highest BCUT2D eigenvalue weighted by Crippen LogP contribution is 2.37. The Bertz CT molecular complexity index is 1030. The van der Waals surface area contributed by atoms with E-state index in [1.165, 1.54) is 0 Å². The number of allylic oxidation sites excluding steroid dienone is 1. The lowest BCUT2D eigenvalue weighted by molar-refractivity contribution is 0.310. The van der Waals surface area contributed by atoms with E-state index < -0.39 is 0 Å². The number of hydrogen-bond acceptors (Lipinski definition) is 4. The van der Waals surface area contributed by atoms with Crippen molar-refractivity contribution >= 4 is 38.6 Å². The quantitative estimate of drug-likeness (QED) is 0.592. The van der Waals surface area contributed by atoms with Gasteiger partial charge in [-0.3, -0.25) is 0 Å². The average Bonchev–Trinajstić information content (AvgIpc) is 3.02. The summed E-state index contributed by atoms with van der Waals surface area (Å²) >= 11 is 3.49. The lowest BCUT2D eigenvalue weighted by atomic mass is 10.1. The number of hydrogen-bond donors (Lipinski definition) is 1. The molecule has 0 unspecified atom stereocenters. The zero-order chi connectivity index (χ0) is 18.7. The number of aromatic amines is 1. The fraction of sp³-hybridized carbons (Fsp3) is 0.200. The zero-order valence-electron chi connectivity index (χ0n) is 14.8. The fourth-order valence-corrected chi connectivity index (χ4v) is 3.33. The van der Waals surface area contributed by atoms with Crippen molar-refractivity contribution in [3.63, 3.8) is 0 Å². The van der Waals surface area contributed by atoms with Crippen molar-refractivity contribution in [2.75, 3.05) is 13.7 Å². The Morgan fingerprint density at radius 3 is 2.85 bits per heavy atom. The van der Waals surface area contributed by atoms with Gasteiger partial charge in [0.2, 0.25) is 0 Å². The van der Waals surface area contributed by atoms with E-state index in [-0.39, 0.29) is 0 Å². The molecular formula is C20H18BrN3O2. The van der Waals surface area contributed by atoms with Gasteiger partial charge in [0.05, 0.1) is 34.8 Å². The number of imidazole rings is 1. The van der Waals surface area contributed by atoms with Gasteiger partial charge in [-0.25, -0.2) is 4.98 Å². The SMILES string of the molecule is CCOc1cc(/C=C(/C#N)c2nc3ccc(C)cc3[nH]2)cc(Br)c1OC. The number of fused-ring (bicyclic) bond motifs is 1. The van der Waals surface area contributed by atoms with Crippen LogP contribution in [0.15, 0.2) is 34.8 Å². The molecule has 0 saturated heterocycles. The molecule has 1 aromatic heterocycles. The average molecular weight is 412 g/mol. The van der Waals surface area contributed by atoms with E-state index in [1.54, 1.807) is 13.2 Å². The Morgan fingerprint density at radius 2 is 2.15 bits per heavy atom. The first-order valence-electron chi connectivity index (χ1n) is 8.14. The van der Waals surface area contributed by atoms with Crippen LogP contribution in [0.2, 0.25) is 0 Å². The van der Waals surface area contributed by atoms with Crippen molar-refractivity contribution in [3.8, 4) is 17.6 Å². The van der Waals surface area contributed by atoms with Gasteiger partial charge in [-0.05, 0) is 71.2 Å². The first kappa shape index (κ1) is 18.0. The number of rotatable bonds is 5. The molecule has 0 bridgehead atoms. The predicted octanol–water partition coefficient (Wildman–Crippen LogP) is 5.11. The molecule has 0 fully saturated rings. The number of halogens is 1. The molecule has 0 spiro atoms. The molecule has 0 radical (unpaired) electrons. The van der Waals surface area contributed by atoms with Gasteiger partial charge < -0.3 is 14.5 Å². The van der Waals surface area contributed by atoms with Gasteiger partial charge in [-0.2, -0.15) is 5.26 Å². The van der Waals surface area contributed by atoms with Gasteiger partial charge in [0, 0.05) is 0 Å². The number of benzene rings is 2. The zero-order valence-corrected chi connectivity index (χ0v) is 16.3. The van der Waals surface area contributed by atoms with Gasteiger partial charge in [0.25, 0.3) is 0 Å². The smallest absolute Gasteiger partial charge is 0.174 e. The third-order valence-electron chi connectivity index (χ3n) is 3.86. The van der Waals surface area contributed by atoms with Crippen LogP contribution in [0.5, 0.6) is 11.5 Å². The van der Waals surface area contributed by atoms with Crippen LogP contribution in [0.1, 0.15) is 23.9 Å². The number of methoxy groups -OCH3 is 1. The molecule has 2 aromatic carbocycles. The van der Waals surface area contributed by atoms with E-state index in [1.807, 2.05) is 44.2 Å². The number of nitriles is 1. The molecule has 1 N–H and O–H groups in total. The third-order valence-corrected chi connectivity index (χ3v) is 4.45. The Labute approximate surface area is 160 Å². The number of H-pyrrole nitrogens is 1. The van der Waals surface area contributed by atoms with Crippen LogP contribution in [0.3, 0.4) is 0 Å². The minimum absolute atomic E-state index is 0.443. The van der Waals surface area contributed by atoms with Crippen molar-refractivity contribution in [1.29, 1.82) is 5.26 Å². The molecule has 5 nitrogen and oxygen atoms in total. The first-order chi connectivity index (χ1) is 12.5. The second kappa shape index (κ2) is 7.63. The Balaban J connectivity index is 2.07. The number of ether oxygens (including phenoxy) is 2. The summed E-state index contributed by atoms with van der Waals surface area (Å²) in [5.41, 5.74) is 4.13. The second-order valence-electron chi connectivity index (χ2n) is 5.74. The number of aromatic nitrogens is 2. The van der Waals surface area contributed by atoms with Gasteiger partial charge in [0.1, 0.15) is 11.9 Å². The largest absolute Gasteiger partial charge is 0.492 e. The van der Waals surface area contributed by atoms with Crippen LogP contribution in [0.25, 0.3) is 22.7 Å². The van der Waals surface area contributed by atoms with Crippen LogP contribution in [-0.4, -0.2) is 23.7 Å². The van der Waals surface area contributed by atoms with E-state index >= 15 is 0 Å². The highest BCUT2D eigenvalue weighted by Gasteiger charge is 2.13. The van der Waals surface area contributed by atoms with E-state index in [4.69, 9.17) is 9.47 Å². The molecule has 1 heterocycles. The highest BCUT2D eigenvalue weighted by atomic mass is 79.9. The van der Waals surface area contributed by atoms with Crippen molar-refractivity contribution in [2.24, 2.45) is 0 Å². The monoisotopic (exact) mass is 411 g/mol. The lowest BCUT2D eigenvalue weighted by Gasteiger charge is -2.12. The summed E-state index contributed by atoms with van der Waals surface area (Å²) < 4.78 is 11.8. The molecule has 0 aliphatic heterocycles. The van der Waals surface area contributed by atoms with E-state index in [0.29, 0.717) is 29.5 Å². The van der Waals surface area contributed by atoms with Crippen LogP contribution in [0.4, 0.5) is 0 Å². The molecule has 6 heteroatoms. The van der Waals surface area contributed by atoms with Crippen molar-refractivity contribution in [3.05, 3.63) is 51.8 Å². The molecule has 0 saturated carbocycles. The summed E-state index contributed by atoms with van der Waals surface area (Å²) in [6.07, 6.45) is 1.78. The van der Waals surface area contributed by atoms with Gasteiger partial charge in [-0.15, -0.1) is 0 Å². The molecule has 3 aromatic rings. The Morgan fingerprint density at radius 1 is 1.35 bits per heavy atom. The Kier molecular flexibility index (Phi) is 5.29. The predicted molar refractivity (Wildman–Crippen MR) is 106 cm³/mol. The topological polar surface area (TPSA) is 70.9 Å². The maximum absolute atomic E-state index is 9.62. The standard InChI is InChI=1S/C20H18BrN3O2/c1-4-26-18-10-13(9-15(21)19(18)25-3)8-14(11-22)20-23-16-6-5-12(2)7-17(16)24-20/h5-10H,4H2,1-3H3,(H,23,24)/b14-8-. The van der Waals surface area contributed by atoms with E-state index in [0.717, 1.165) is 26.6 Å². The molecule has 3 rings (SSSR count). The summed E-state index contributed by atoms with van der Waals surface area (Å²) in [6, 6.07) is 11.9. The van der Waals surface area contributed by atoms with Crippen LogP contribution >= 0.6 is 15.9 Å². The minimum atomic E-state index is 0.443. The maximum Gasteiger partial charge on any atom is 0.174 e. The molecule has 0 aliphatic carbocycles. The van der Waals surface area contributed by atoms with Crippen molar-refractivity contribution in [2.45, 2.75) is 13.8 Å². The van der Waals surface area contributed by atoms with E-state index in [2.05, 4.69) is 32.0 Å². The third kappa shape index (κ3) is 3.58. The Hall–Kier alpha value is -2.78. The molecule has 0 atom stereocenters. The van der Waals surface area contributed by atoms with Gasteiger partial charge in [-0.1, -0.05) is 6.07 Å². The second-order valence-corrected chi connectivity index (χ2v) is 6.60. The number of aryl methyl sites for hydroxylation is 1. The number of nitrogens with zero attached hydrogens (tertiary/aromatic N) is 2. The summed E-state index contributed by atoms with van der Waals surface area (Å²) in [4.78, 5) is 7.74. The summed E-state index contributed by atoms with van der Waals surface area (Å²) in [6.45, 7) is 4.45. The fourth-order valence-electron chi connectivity index (χ4n) is 2.70. The summed E-state index contributed by atoms with van der Waals surface area (Å²) in [5.74, 6) is 1.79. The van der Waals surface area contributed by atoms with Crippen LogP contribution in [0, 0.1) is 18.3 Å². The molecule has 0 aliphatic rings. The van der Waals surface area contributed by atoms with E-state index in [9.17, 15) is 5.26 Å². The van der Waals surface area contributed by atoms with Gasteiger partial charge in [0.15, 0.2) is 11.5 Å². The van der Waals surface area contributed by atoms with Crippen molar-refractivity contribution in [1.82, 2.24) is 9.97 Å². The molecule has 26 heavy (non-hydrogen) atoms. The summed E-state index contributed by atoms with van der Waals surface area (Å²) in [7, 11) is 1.59. The van der Waals surface area contributed by atoms with Gasteiger partial charge >= 0.3 is 0 Å². The maximum atomic E-state index is 9.62. The van der Waals surface area contributed by atoms with Crippen molar-refractivity contribution < 1.29 is 9.47 Å². The summed E-state index contributed by atoms with van der Waals surface area (Å²) in [5, 5.41) is 9.62. The molecular weight excluding hydrogens is 394 g/mol. The molecule has 132 valence electrons. The van der Waals surface area contributed by atoms with Crippen LogP contribution in [-0.2, 0) is 0 Å². The first-order valence-corrected chi connectivity index (χ1v) is 8.94. The van der Waals surface area contributed by atoms with Crippen LogP contribution < -0.4 is 9.47 Å². The highest BCUT2D eigenvalue weighted by molar-refractivity contribution is 9.10.